The SMILES string of the molecule is O=[C]c1cnn(-c2cccc3ncccc23)c1C1CC1. The average Bonchev–Trinajstić information content (AvgIpc) is 3.25. The van der Waals surface area contributed by atoms with Crippen LogP contribution in [0.1, 0.15) is 30.0 Å². The number of nitrogens with zero attached hydrogens (tertiary/aromatic N) is 3. The zero-order chi connectivity index (χ0) is 13.5. The minimum atomic E-state index is 0.431. The van der Waals surface area contributed by atoms with Crippen LogP contribution in [0.4, 0.5) is 0 Å². The number of aromatic nitrogens is 3. The highest BCUT2D eigenvalue weighted by Gasteiger charge is 2.31. The molecule has 1 fully saturated rings. The summed E-state index contributed by atoms with van der Waals surface area (Å²) in [6.45, 7) is 0. The lowest BCUT2D eigenvalue weighted by Crippen LogP contribution is -2.03. The molecule has 1 saturated carbocycles. The van der Waals surface area contributed by atoms with Crippen LogP contribution in [0.5, 0.6) is 0 Å². The van der Waals surface area contributed by atoms with Gasteiger partial charge in [-0.05, 0) is 37.1 Å². The van der Waals surface area contributed by atoms with Crippen molar-refractivity contribution < 1.29 is 4.79 Å². The van der Waals surface area contributed by atoms with Crippen LogP contribution in [0.2, 0.25) is 0 Å². The number of fused-ring (bicyclic) bond motifs is 1. The molecule has 4 nitrogen and oxygen atoms in total. The van der Waals surface area contributed by atoms with Gasteiger partial charge in [-0.25, -0.2) is 4.68 Å². The lowest BCUT2D eigenvalue weighted by Gasteiger charge is -2.10. The van der Waals surface area contributed by atoms with Crippen molar-refractivity contribution in [2.75, 3.05) is 0 Å². The van der Waals surface area contributed by atoms with Crippen molar-refractivity contribution in [3.8, 4) is 5.69 Å². The van der Waals surface area contributed by atoms with E-state index >= 15 is 0 Å². The van der Waals surface area contributed by atoms with Gasteiger partial charge in [0.2, 0.25) is 6.29 Å². The van der Waals surface area contributed by atoms with E-state index in [0.717, 1.165) is 35.1 Å². The fourth-order valence-corrected chi connectivity index (χ4v) is 2.65. The Balaban J connectivity index is 2.00. The molecule has 1 aromatic carbocycles. The van der Waals surface area contributed by atoms with Crippen LogP contribution >= 0.6 is 0 Å². The van der Waals surface area contributed by atoms with Gasteiger partial charge in [0.1, 0.15) is 0 Å². The lowest BCUT2D eigenvalue weighted by atomic mass is 10.1. The van der Waals surface area contributed by atoms with Gasteiger partial charge in [-0.1, -0.05) is 6.07 Å². The Morgan fingerprint density at radius 3 is 2.90 bits per heavy atom. The number of carbonyl (C=O) groups excluding carboxylic acids is 1. The maximum atomic E-state index is 11.1. The highest BCUT2D eigenvalue weighted by atomic mass is 16.1. The van der Waals surface area contributed by atoms with Crippen molar-refractivity contribution >= 4 is 17.2 Å². The fourth-order valence-electron chi connectivity index (χ4n) is 2.65. The third kappa shape index (κ3) is 1.65. The van der Waals surface area contributed by atoms with E-state index in [1.54, 1.807) is 12.4 Å². The summed E-state index contributed by atoms with van der Waals surface area (Å²) in [7, 11) is 0. The highest BCUT2D eigenvalue weighted by Crippen LogP contribution is 2.42. The third-order valence-corrected chi connectivity index (χ3v) is 3.73. The second kappa shape index (κ2) is 4.27. The molecule has 0 amide bonds. The zero-order valence-electron chi connectivity index (χ0n) is 10.8. The number of pyridine rings is 1. The molecule has 97 valence electrons. The monoisotopic (exact) mass is 262 g/mol. The van der Waals surface area contributed by atoms with Gasteiger partial charge >= 0.3 is 0 Å². The summed E-state index contributed by atoms with van der Waals surface area (Å²) in [4.78, 5) is 15.4. The molecule has 0 spiro atoms. The van der Waals surface area contributed by atoms with Crippen LogP contribution in [0.15, 0.2) is 42.7 Å². The smallest absolute Gasteiger partial charge is 0.237 e. The van der Waals surface area contributed by atoms with Crippen molar-refractivity contribution in [2.24, 2.45) is 0 Å². The summed E-state index contributed by atoms with van der Waals surface area (Å²) in [5.41, 5.74) is 3.46. The number of rotatable bonds is 3. The molecule has 0 saturated heterocycles. The van der Waals surface area contributed by atoms with E-state index < -0.39 is 0 Å². The Bertz CT molecular complexity index is 797. The van der Waals surface area contributed by atoms with Crippen molar-refractivity contribution in [1.82, 2.24) is 14.8 Å². The van der Waals surface area contributed by atoms with Crippen molar-refractivity contribution in [2.45, 2.75) is 18.8 Å². The van der Waals surface area contributed by atoms with Crippen LogP contribution in [-0.2, 0) is 4.79 Å². The second-order valence-electron chi connectivity index (χ2n) is 5.08. The molecule has 1 aliphatic carbocycles. The Labute approximate surface area is 116 Å². The fraction of sp³-hybridized carbons (Fsp3) is 0.188. The summed E-state index contributed by atoms with van der Waals surface area (Å²) in [5, 5.41) is 5.43. The van der Waals surface area contributed by atoms with E-state index in [-0.39, 0.29) is 0 Å². The first-order valence-corrected chi connectivity index (χ1v) is 6.68. The van der Waals surface area contributed by atoms with Crippen LogP contribution in [0.3, 0.4) is 0 Å². The highest BCUT2D eigenvalue weighted by molar-refractivity contribution is 5.87. The molecule has 20 heavy (non-hydrogen) atoms. The van der Waals surface area contributed by atoms with Crippen molar-refractivity contribution in [3.05, 3.63) is 54.0 Å². The standard InChI is InChI=1S/C16H12N3O/c20-10-12-9-18-19(16(12)11-6-7-11)15-5-1-4-14-13(15)3-2-8-17-14/h1-5,8-9,11H,6-7H2. The van der Waals surface area contributed by atoms with E-state index in [9.17, 15) is 4.79 Å². The Morgan fingerprint density at radius 2 is 2.10 bits per heavy atom. The predicted molar refractivity (Wildman–Crippen MR) is 75.6 cm³/mol. The number of benzene rings is 1. The largest absolute Gasteiger partial charge is 0.285 e. The van der Waals surface area contributed by atoms with Crippen molar-refractivity contribution in [1.29, 1.82) is 0 Å². The summed E-state index contributed by atoms with van der Waals surface area (Å²) in [6, 6.07) is 9.90. The van der Waals surface area contributed by atoms with Crippen LogP contribution in [-0.4, -0.2) is 21.1 Å². The Hall–Kier alpha value is -2.49. The molecule has 0 aliphatic heterocycles. The lowest BCUT2D eigenvalue weighted by molar-refractivity contribution is 0.562. The molecule has 1 radical (unpaired) electrons. The molecule has 2 aromatic heterocycles. The average molecular weight is 262 g/mol. The number of hydrogen-bond donors (Lipinski definition) is 0. The molecule has 0 bridgehead atoms. The first-order chi connectivity index (χ1) is 9.88. The topological polar surface area (TPSA) is 47.8 Å². The van der Waals surface area contributed by atoms with Crippen LogP contribution < -0.4 is 0 Å². The molecular formula is C16H12N3O. The van der Waals surface area contributed by atoms with Gasteiger partial charge in [0.15, 0.2) is 0 Å². The first kappa shape index (κ1) is 11.3. The molecular weight excluding hydrogens is 250 g/mol. The molecule has 0 N–H and O–H groups in total. The summed E-state index contributed by atoms with van der Waals surface area (Å²) >= 11 is 0. The van der Waals surface area contributed by atoms with E-state index in [1.165, 1.54) is 0 Å². The molecule has 1 aliphatic rings. The van der Waals surface area contributed by atoms with Crippen LogP contribution in [0, 0.1) is 0 Å². The molecule has 4 heteroatoms. The number of hydrogen-bond acceptors (Lipinski definition) is 3. The zero-order valence-corrected chi connectivity index (χ0v) is 10.8. The molecule has 0 atom stereocenters. The molecule has 2 heterocycles. The van der Waals surface area contributed by atoms with Crippen LogP contribution in [0.25, 0.3) is 16.6 Å². The Morgan fingerprint density at radius 1 is 1.20 bits per heavy atom. The van der Waals surface area contributed by atoms with E-state index in [2.05, 4.69) is 10.1 Å². The Kier molecular flexibility index (Phi) is 2.42. The molecule has 3 aromatic rings. The van der Waals surface area contributed by atoms with E-state index in [0.29, 0.717) is 11.5 Å². The molecule has 4 rings (SSSR count). The molecule has 0 unspecified atom stereocenters. The second-order valence-corrected chi connectivity index (χ2v) is 5.08. The normalized spacial score (nSPS) is 14.6. The predicted octanol–water partition coefficient (Wildman–Crippen LogP) is 2.76. The van der Waals surface area contributed by atoms with Gasteiger partial charge < -0.3 is 0 Å². The maximum absolute atomic E-state index is 11.1. The van der Waals surface area contributed by atoms with Crippen molar-refractivity contribution in [3.63, 3.8) is 0 Å². The van der Waals surface area contributed by atoms with Gasteiger partial charge in [0.25, 0.3) is 0 Å². The van der Waals surface area contributed by atoms with Gasteiger partial charge in [-0.3, -0.25) is 9.78 Å². The van der Waals surface area contributed by atoms with Gasteiger partial charge in [-0.2, -0.15) is 5.10 Å². The minimum absolute atomic E-state index is 0.431. The first-order valence-electron chi connectivity index (χ1n) is 6.68. The van der Waals surface area contributed by atoms with E-state index in [4.69, 9.17) is 0 Å². The summed E-state index contributed by atoms with van der Waals surface area (Å²) in [5.74, 6) is 0.431. The summed E-state index contributed by atoms with van der Waals surface area (Å²) in [6.07, 6.45) is 7.62. The van der Waals surface area contributed by atoms with Gasteiger partial charge in [0.05, 0.1) is 28.7 Å². The van der Waals surface area contributed by atoms with Gasteiger partial charge in [-0.15, -0.1) is 0 Å². The van der Waals surface area contributed by atoms with Gasteiger partial charge in [0, 0.05) is 17.5 Å². The third-order valence-electron chi connectivity index (χ3n) is 3.73. The van der Waals surface area contributed by atoms with E-state index in [1.807, 2.05) is 41.3 Å². The summed E-state index contributed by atoms with van der Waals surface area (Å²) < 4.78 is 1.88. The maximum Gasteiger partial charge on any atom is 0.237 e. The quantitative estimate of drug-likeness (QED) is 0.729. The minimum Gasteiger partial charge on any atom is -0.285 e.